The van der Waals surface area contributed by atoms with E-state index in [9.17, 15) is 9.59 Å². The maximum atomic E-state index is 11.6. The maximum Gasteiger partial charge on any atom is 0.412 e. The lowest BCUT2D eigenvalue weighted by molar-refractivity contribution is 0.0636. The molecule has 1 rings (SSSR count). The highest BCUT2D eigenvalue weighted by Gasteiger charge is 2.16. The summed E-state index contributed by atoms with van der Waals surface area (Å²) in [6.07, 6.45) is -0.534. The zero-order valence-corrected chi connectivity index (χ0v) is 12.5. The van der Waals surface area contributed by atoms with Crippen LogP contribution in [0.5, 0.6) is 0 Å². The zero-order chi connectivity index (χ0) is 15.3. The summed E-state index contributed by atoms with van der Waals surface area (Å²) in [5.74, 6) is 0. The molecule has 0 spiro atoms. The van der Waals surface area contributed by atoms with Crippen LogP contribution in [0, 0.1) is 0 Å². The smallest absolute Gasteiger partial charge is 0.412 e. The van der Waals surface area contributed by atoms with Crippen molar-refractivity contribution in [2.24, 2.45) is 0 Å². The van der Waals surface area contributed by atoms with Gasteiger partial charge in [-0.3, -0.25) is 5.32 Å². The van der Waals surface area contributed by atoms with Crippen LogP contribution in [0.4, 0.5) is 21.0 Å². The van der Waals surface area contributed by atoms with E-state index in [2.05, 4.69) is 10.6 Å². The van der Waals surface area contributed by atoms with Crippen molar-refractivity contribution in [3.05, 3.63) is 24.3 Å². The van der Waals surface area contributed by atoms with E-state index in [-0.39, 0.29) is 6.03 Å². The number of hydrogen-bond donors (Lipinski definition) is 2. The molecule has 0 saturated heterocycles. The third-order valence-electron chi connectivity index (χ3n) is 2.17. The van der Waals surface area contributed by atoms with Crippen LogP contribution >= 0.6 is 0 Å². The molecule has 6 heteroatoms. The van der Waals surface area contributed by atoms with Crippen LogP contribution in [-0.4, -0.2) is 36.7 Å². The number of nitrogens with one attached hydrogen (secondary N) is 2. The first kappa shape index (κ1) is 15.8. The molecular weight excluding hydrogens is 258 g/mol. The minimum absolute atomic E-state index is 0.237. The van der Waals surface area contributed by atoms with Gasteiger partial charge >= 0.3 is 12.1 Å². The van der Waals surface area contributed by atoms with Crippen molar-refractivity contribution in [1.29, 1.82) is 0 Å². The molecular formula is C14H21N3O3. The van der Waals surface area contributed by atoms with E-state index < -0.39 is 11.7 Å². The number of carbonyl (C=O) groups excluding carboxylic acids is 2. The van der Waals surface area contributed by atoms with Crippen LogP contribution in [-0.2, 0) is 4.74 Å². The second kappa shape index (κ2) is 6.27. The van der Waals surface area contributed by atoms with E-state index in [1.165, 1.54) is 4.90 Å². The summed E-state index contributed by atoms with van der Waals surface area (Å²) in [5.41, 5.74) is 0.592. The summed E-state index contributed by atoms with van der Waals surface area (Å²) in [7, 11) is 3.30. The largest absolute Gasteiger partial charge is 0.444 e. The number of nitrogens with zero attached hydrogens (tertiary/aromatic N) is 1. The quantitative estimate of drug-likeness (QED) is 0.873. The Morgan fingerprint density at radius 2 is 1.65 bits per heavy atom. The number of amides is 3. The predicted molar refractivity (Wildman–Crippen MR) is 79.0 cm³/mol. The highest BCUT2D eigenvalue weighted by Crippen LogP contribution is 2.17. The lowest BCUT2D eigenvalue weighted by atomic mass is 10.2. The van der Waals surface area contributed by atoms with Gasteiger partial charge in [0.15, 0.2) is 0 Å². The summed E-state index contributed by atoms with van der Waals surface area (Å²) < 4.78 is 5.16. The third kappa shape index (κ3) is 5.60. The van der Waals surface area contributed by atoms with E-state index in [1.807, 2.05) is 0 Å². The van der Waals surface area contributed by atoms with Gasteiger partial charge in [-0.2, -0.15) is 0 Å². The molecule has 3 amide bonds. The van der Waals surface area contributed by atoms with Gasteiger partial charge in [0.2, 0.25) is 0 Å². The molecule has 0 atom stereocenters. The van der Waals surface area contributed by atoms with E-state index >= 15 is 0 Å². The molecule has 0 aliphatic heterocycles. The minimum Gasteiger partial charge on any atom is -0.444 e. The standard InChI is InChI=1S/C14H21N3O3/c1-14(2,3)20-13(19)16-11-8-6-7-10(9-11)15-12(18)17(4)5/h6-9H,1-5H3,(H,15,18)(H,16,19). The van der Waals surface area contributed by atoms with Gasteiger partial charge in [-0.25, -0.2) is 9.59 Å². The Balaban J connectivity index is 2.69. The summed E-state index contributed by atoms with van der Waals surface area (Å²) in [5, 5.41) is 5.31. The molecule has 0 saturated carbocycles. The fourth-order valence-electron chi connectivity index (χ4n) is 1.33. The average Bonchev–Trinajstić information content (AvgIpc) is 2.26. The Morgan fingerprint density at radius 3 is 2.15 bits per heavy atom. The van der Waals surface area contributed by atoms with Crippen molar-refractivity contribution >= 4 is 23.5 Å². The zero-order valence-electron chi connectivity index (χ0n) is 12.5. The van der Waals surface area contributed by atoms with E-state index in [4.69, 9.17) is 4.74 Å². The van der Waals surface area contributed by atoms with Crippen LogP contribution in [0.25, 0.3) is 0 Å². The van der Waals surface area contributed by atoms with Crippen molar-refractivity contribution < 1.29 is 14.3 Å². The van der Waals surface area contributed by atoms with Gasteiger partial charge in [0.1, 0.15) is 5.60 Å². The molecule has 110 valence electrons. The Bertz CT molecular complexity index is 493. The molecule has 0 aliphatic rings. The monoisotopic (exact) mass is 279 g/mol. The van der Waals surface area contributed by atoms with Crippen LogP contribution in [0.2, 0.25) is 0 Å². The number of hydrogen-bond acceptors (Lipinski definition) is 3. The first-order chi connectivity index (χ1) is 9.17. The molecule has 6 nitrogen and oxygen atoms in total. The molecule has 2 N–H and O–H groups in total. The molecule has 0 radical (unpaired) electrons. The minimum atomic E-state index is -0.555. The van der Waals surface area contributed by atoms with Crippen molar-refractivity contribution in [1.82, 2.24) is 4.90 Å². The Labute approximate surface area is 119 Å². The number of benzene rings is 1. The van der Waals surface area contributed by atoms with E-state index in [0.717, 1.165) is 0 Å². The van der Waals surface area contributed by atoms with Gasteiger partial charge in [0.25, 0.3) is 0 Å². The number of urea groups is 1. The highest BCUT2D eigenvalue weighted by molar-refractivity contribution is 5.91. The van der Waals surface area contributed by atoms with E-state index in [0.29, 0.717) is 11.4 Å². The predicted octanol–water partition coefficient (Wildman–Crippen LogP) is 3.13. The molecule has 1 aromatic carbocycles. The van der Waals surface area contributed by atoms with Gasteiger partial charge in [-0.15, -0.1) is 0 Å². The fraction of sp³-hybridized carbons (Fsp3) is 0.429. The van der Waals surface area contributed by atoms with Crippen molar-refractivity contribution in [2.75, 3.05) is 24.7 Å². The molecule has 1 aromatic rings. The summed E-state index contributed by atoms with van der Waals surface area (Å²) in [6, 6.07) is 6.61. The molecule has 0 fully saturated rings. The third-order valence-corrected chi connectivity index (χ3v) is 2.17. The molecule has 0 unspecified atom stereocenters. The maximum absolute atomic E-state index is 11.6. The van der Waals surface area contributed by atoms with Gasteiger partial charge in [0.05, 0.1) is 0 Å². The lowest BCUT2D eigenvalue weighted by Crippen LogP contribution is -2.28. The molecule has 0 aromatic heterocycles. The fourth-order valence-corrected chi connectivity index (χ4v) is 1.33. The van der Waals surface area contributed by atoms with Crippen LogP contribution in [0.1, 0.15) is 20.8 Å². The number of carbonyl (C=O) groups is 2. The Hall–Kier alpha value is -2.24. The van der Waals surface area contributed by atoms with Crippen molar-refractivity contribution in [3.8, 4) is 0 Å². The molecule has 20 heavy (non-hydrogen) atoms. The van der Waals surface area contributed by atoms with Crippen LogP contribution in [0.3, 0.4) is 0 Å². The van der Waals surface area contributed by atoms with Gasteiger partial charge in [0, 0.05) is 25.5 Å². The number of ether oxygens (including phenoxy) is 1. The second-order valence-corrected chi connectivity index (χ2v) is 5.53. The summed E-state index contributed by atoms with van der Waals surface area (Å²) in [4.78, 5) is 24.6. The topological polar surface area (TPSA) is 70.7 Å². The van der Waals surface area contributed by atoms with Gasteiger partial charge < -0.3 is 15.0 Å². The first-order valence-corrected chi connectivity index (χ1v) is 6.26. The SMILES string of the molecule is CN(C)C(=O)Nc1cccc(NC(=O)OC(C)(C)C)c1. The Kier molecular flexibility index (Phi) is 4.96. The Morgan fingerprint density at radius 1 is 1.10 bits per heavy atom. The van der Waals surface area contributed by atoms with E-state index in [1.54, 1.807) is 59.1 Å². The van der Waals surface area contributed by atoms with Crippen LogP contribution in [0.15, 0.2) is 24.3 Å². The van der Waals surface area contributed by atoms with Crippen LogP contribution < -0.4 is 10.6 Å². The normalized spacial score (nSPS) is 10.7. The number of rotatable bonds is 2. The van der Waals surface area contributed by atoms with Gasteiger partial charge in [-0.1, -0.05) is 6.07 Å². The molecule has 0 bridgehead atoms. The summed E-state index contributed by atoms with van der Waals surface area (Å²) >= 11 is 0. The van der Waals surface area contributed by atoms with Crippen molar-refractivity contribution in [3.63, 3.8) is 0 Å². The second-order valence-electron chi connectivity index (χ2n) is 5.53. The number of anilines is 2. The summed E-state index contributed by atoms with van der Waals surface area (Å²) in [6.45, 7) is 5.38. The first-order valence-electron chi connectivity index (χ1n) is 6.26. The molecule has 0 aliphatic carbocycles. The van der Waals surface area contributed by atoms with Crippen molar-refractivity contribution in [2.45, 2.75) is 26.4 Å². The highest BCUT2D eigenvalue weighted by atomic mass is 16.6. The lowest BCUT2D eigenvalue weighted by Gasteiger charge is -2.20. The van der Waals surface area contributed by atoms with Gasteiger partial charge in [-0.05, 0) is 39.0 Å². The average molecular weight is 279 g/mol. The molecule has 0 heterocycles.